The molecule has 0 unspecified atom stereocenters. The summed E-state index contributed by atoms with van der Waals surface area (Å²) in [6.07, 6.45) is 0. The lowest BCUT2D eigenvalue weighted by atomic mass is 10.1. The summed E-state index contributed by atoms with van der Waals surface area (Å²) in [6, 6.07) is 5.65. The number of nitrogens with one attached hydrogen (secondary N) is 2. The maximum atomic E-state index is 12.1. The van der Waals surface area contributed by atoms with Gasteiger partial charge in [0.25, 0.3) is 5.91 Å². The molecule has 118 valence electrons. The quantitative estimate of drug-likeness (QED) is 0.749. The zero-order valence-electron chi connectivity index (χ0n) is 12.8. The van der Waals surface area contributed by atoms with Crippen LogP contribution in [-0.4, -0.2) is 32.5 Å². The lowest BCUT2D eigenvalue weighted by Gasteiger charge is -2.20. The Kier molecular flexibility index (Phi) is 5.49. The fourth-order valence-corrected chi connectivity index (χ4v) is 3.03. The van der Waals surface area contributed by atoms with Gasteiger partial charge in [-0.2, -0.15) is 0 Å². The Labute approximate surface area is 126 Å². The molecule has 0 aromatic heterocycles. The third-order valence-electron chi connectivity index (χ3n) is 2.60. The van der Waals surface area contributed by atoms with Gasteiger partial charge in [0.05, 0.1) is 4.90 Å². The van der Waals surface area contributed by atoms with Crippen molar-refractivity contribution in [1.29, 1.82) is 0 Å². The summed E-state index contributed by atoms with van der Waals surface area (Å²) < 4.78 is 26.8. The van der Waals surface area contributed by atoms with Crippen molar-refractivity contribution in [3.8, 4) is 0 Å². The third-order valence-corrected chi connectivity index (χ3v) is 4.37. The van der Waals surface area contributed by atoms with Crippen LogP contribution in [0, 0.1) is 0 Å². The smallest absolute Gasteiger partial charge is 0.251 e. The second-order valence-corrected chi connectivity index (χ2v) is 7.67. The van der Waals surface area contributed by atoms with E-state index in [1.165, 1.54) is 24.3 Å². The molecule has 0 aliphatic rings. The van der Waals surface area contributed by atoms with E-state index in [0.717, 1.165) is 0 Å². The number of amides is 1. The van der Waals surface area contributed by atoms with Crippen LogP contribution < -0.4 is 15.8 Å². The minimum absolute atomic E-state index is 0.126. The van der Waals surface area contributed by atoms with Crippen molar-refractivity contribution in [3.05, 3.63) is 29.8 Å². The molecule has 1 rings (SSSR count). The topological polar surface area (TPSA) is 101 Å². The van der Waals surface area contributed by atoms with E-state index in [1.54, 1.807) is 27.7 Å². The van der Waals surface area contributed by atoms with Crippen LogP contribution in [0.4, 0.5) is 0 Å². The molecule has 1 aromatic carbocycles. The largest absolute Gasteiger partial charge is 0.348 e. The van der Waals surface area contributed by atoms with Gasteiger partial charge in [-0.1, -0.05) is 0 Å². The molecule has 0 spiro atoms. The first-order valence-corrected chi connectivity index (χ1v) is 8.18. The summed E-state index contributed by atoms with van der Waals surface area (Å²) in [5, 5.41) is 2.71. The summed E-state index contributed by atoms with van der Waals surface area (Å²) in [5.41, 5.74) is 5.27. The van der Waals surface area contributed by atoms with Crippen LogP contribution in [0.25, 0.3) is 0 Å². The van der Waals surface area contributed by atoms with Gasteiger partial charge in [0.1, 0.15) is 0 Å². The molecule has 0 aliphatic heterocycles. The number of sulfonamides is 1. The van der Waals surface area contributed by atoms with Gasteiger partial charge in [-0.15, -0.1) is 0 Å². The van der Waals surface area contributed by atoms with Crippen LogP contribution >= 0.6 is 0 Å². The Hall–Kier alpha value is -1.44. The number of hydrogen-bond acceptors (Lipinski definition) is 4. The first-order chi connectivity index (χ1) is 9.55. The molecule has 0 aliphatic carbocycles. The Morgan fingerprint density at radius 2 is 1.76 bits per heavy atom. The van der Waals surface area contributed by atoms with Crippen molar-refractivity contribution in [2.24, 2.45) is 5.73 Å². The Bertz CT molecular complexity index is 589. The Balaban J connectivity index is 2.90. The average molecular weight is 313 g/mol. The number of hydrogen-bond donors (Lipinski definition) is 3. The number of nitrogens with two attached hydrogens (primary N) is 1. The van der Waals surface area contributed by atoms with Gasteiger partial charge >= 0.3 is 0 Å². The van der Waals surface area contributed by atoms with Crippen LogP contribution in [0.15, 0.2) is 29.2 Å². The lowest BCUT2D eigenvalue weighted by molar-refractivity contribution is 0.0941. The maximum absolute atomic E-state index is 12.1. The molecule has 0 saturated carbocycles. The number of carbonyl (C=O) groups excluding carboxylic acids is 1. The van der Waals surface area contributed by atoms with Gasteiger partial charge in [-0.05, 0) is 52.0 Å². The molecule has 4 N–H and O–H groups in total. The van der Waals surface area contributed by atoms with Crippen molar-refractivity contribution in [3.63, 3.8) is 0 Å². The molecule has 0 radical (unpaired) electrons. The van der Waals surface area contributed by atoms with E-state index < -0.39 is 15.6 Å². The van der Waals surface area contributed by atoms with E-state index in [2.05, 4.69) is 10.0 Å². The SMILES string of the molecule is C[C@@H](CN)NC(=O)c1ccc(S(=O)(=O)NC(C)(C)C)cc1. The van der Waals surface area contributed by atoms with E-state index in [1.807, 2.05) is 0 Å². The van der Waals surface area contributed by atoms with Crippen molar-refractivity contribution >= 4 is 15.9 Å². The summed E-state index contributed by atoms with van der Waals surface area (Å²) in [5.74, 6) is -0.277. The van der Waals surface area contributed by atoms with E-state index in [9.17, 15) is 13.2 Å². The highest BCUT2D eigenvalue weighted by atomic mass is 32.2. The summed E-state index contributed by atoms with van der Waals surface area (Å²) >= 11 is 0. The van der Waals surface area contributed by atoms with Crippen LogP contribution in [-0.2, 0) is 10.0 Å². The highest BCUT2D eigenvalue weighted by molar-refractivity contribution is 7.89. The Morgan fingerprint density at radius 3 is 2.19 bits per heavy atom. The normalized spacial score (nSPS) is 13.8. The van der Waals surface area contributed by atoms with Gasteiger partial charge in [0.15, 0.2) is 0 Å². The third kappa shape index (κ3) is 5.45. The lowest BCUT2D eigenvalue weighted by Crippen LogP contribution is -2.40. The minimum atomic E-state index is -3.59. The Morgan fingerprint density at radius 1 is 1.24 bits per heavy atom. The molecule has 0 bridgehead atoms. The first kappa shape index (κ1) is 17.6. The van der Waals surface area contributed by atoms with E-state index in [0.29, 0.717) is 12.1 Å². The van der Waals surface area contributed by atoms with Crippen LogP contribution in [0.1, 0.15) is 38.1 Å². The highest BCUT2D eigenvalue weighted by Crippen LogP contribution is 2.14. The molecule has 6 nitrogen and oxygen atoms in total. The standard InChI is InChI=1S/C14H23N3O3S/c1-10(9-15)16-13(18)11-5-7-12(8-6-11)21(19,20)17-14(2,3)4/h5-8,10,17H,9,15H2,1-4H3,(H,16,18)/t10-/m0/s1. The fraction of sp³-hybridized carbons (Fsp3) is 0.500. The second kappa shape index (κ2) is 6.55. The maximum Gasteiger partial charge on any atom is 0.251 e. The molecule has 0 heterocycles. The first-order valence-electron chi connectivity index (χ1n) is 6.70. The average Bonchev–Trinajstić information content (AvgIpc) is 2.36. The summed E-state index contributed by atoms with van der Waals surface area (Å²) in [7, 11) is -3.59. The van der Waals surface area contributed by atoms with Crippen molar-refractivity contribution in [1.82, 2.24) is 10.0 Å². The zero-order chi connectivity index (χ0) is 16.3. The fourth-order valence-electron chi connectivity index (χ4n) is 1.61. The summed E-state index contributed by atoms with van der Waals surface area (Å²) in [6.45, 7) is 7.43. The molecular weight excluding hydrogens is 290 g/mol. The predicted molar refractivity (Wildman–Crippen MR) is 82.5 cm³/mol. The van der Waals surface area contributed by atoms with Gasteiger partial charge in [-0.25, -0.2) is 13.1 Å². The molecule has 1 amide bonds. The molecular formula is C14H23N3O3S. The second-order valence-electron chi connectivity index (χ2n) is 5.99. The van der Waals surface area contributed by atoms with Crippen LogP contribution in [0.2, 0.25) is 0 Å². The van der Waals surface area contributed by atoms with Gasteiger partial charge in [0, 0.05) is 23.7 Å². The van der Waals surface area contributed by atoms with E-state index in [-0.39, 0.29) is 16.8 Å². The molecule has 0 saturated heterocycles. The van der Waals surface area contributed by atoms with Gasteiger partial charge < -0.3 is 11.1 Å². The van der Waals surface area contributed by atoms with Crippen molar-refractivity contribution in [2.45, 2.75) is 44.2 Å². The minimum Gasteiger partial charge on any atom is -0.348 e. The van der Waals surface area contributed by atoms with E-state index >= 15 is 0 Å². The number of carbonyl (C=O) groups is 1. The molecule has 7 heteroatoms. The molecule has 1 atom stereocenters. The number of rotatable bonds is 5. The van der Waals surface area contributed by atoms with Gasteiger partial charge in [0.2, 0.25) is 10.0 Å². The summed E-state index contributed by atoms with van der Waals surface area (Å²) in [4.78, 5) is 12.0. The monoisotopic (exact) mass is 313 g/mol. The van der Waals surface area contributed by atoms with Crippen molar-refractivity contribution in [2.75, 3.05) is 6.54 Å². The molecule has 0 fully saturated rings. The predicted octanol–water partition coefficient (Wildman–Crippen LogP) is 0.840. The van der Waals surface area contributed by atoms with Crippen LogP contribution in [0.5, 0.6) is 0 Å². The van der Waals surface area contributed by atoms with Gasteiger partial charge in [-0.3, -0.25) is 4.79 Å². The van der Waals surface area contributed by atoms with Crippen molar-refractivity contribution < 1.29 is 13.2 Å². The highest BCUT2D eigenvalue weighted by Gasteiger charge is 2.22. The molecule has 1 aromatic rings. The van der Waals surface area contributed by atoms with E-state index in [4.69, 9.17) is 5.73 Å². The number of benzene rings is 1. The van der Waals surface area contributed by atoms with Crippen LogP contribution in [0.3, 0.4) is 0 Å². The zero-order valence-corrected chi connectivity index (χ0v) is 13.6. The molecule has 21 heavy (non-hydrogen) atoms.